The van der Waals surface area contributed by atoms with E-state index in [9.17, 15) is 0 Å². The molecule has 54 heavy (non-hydrogen) atoms. The molecule has 0 saturated heterocycles. The second-order valence-corrected chi connectivity index (χ2v) is 15.9. The van der Waals surface area contributed by atoms with Gasteiger partial charge in [0.15, 0.2) is 5.82 Å². The van der Waals surface area contributed by atoms with Crippen molar-refractivity contribution in [2.75, 3.05) is 0 Å². The molecule has 0 spiro atoms. The van der Waals surface area contributed by atoms with Crippen molar-refractivity contribution in [2.24, 2.45) is 0 Å². The van der Waals surface area contributed by atoms with Gasteiger partial charge in [-0.3, -0.25) is 0 Å². The number of benzene rings is 8. The normalized spacial score (nSPS) is 13.1. The van der Waals surface area contributed by atoms with E-state index >= 15 is 0 Å². The number of rotatable bonds is 4. The molecule has 0 radical (unpaired) electrons. The van der Waals surface area contributed by atoms with Crippen LogP contribution in [0.15, 0.2) is 164 Å². The van der Waals surface area contributed by atoms with E-state index in [4.69, 9.17) is 15.0 Å². The summed E-state index contributed by atoms with van der Waals surface area (Å²) in [7, 11) is 0. The van der Waals surface area contributed by atoms with Crippen molar-refractivity contribution in [2.45, 2.75) is 19.3 Å². The largest absolute Gasteiger partial charge is 0.235 e. The summed E-state index contributed by atoms with van der Waals surface area (Å²) < 4.78 is 1.19. The van der Waals surface area contributed by atoms with E-state index in [1.54, 1.807) is 11.3 Å². The SMILES string of the molecule is CC1(C)c2cc(-c3nc4c(ccc5ccc6cc(-c7nc(-c8ccccc8)cc(-c8ccccc8)n7)ccc6c54)s3)ccc2-c2cc3ccccc3cc21. The molecule has 2 aromatic heterocycles. The number of aromatic nitrogens is 3. The molecule has 0 fully saturated rings. The Bertz CT molecular complexity index is 3070. The van der Waals surface area contributed by atoms with Gasteiger partial charge in [-0.1, -0.05) is 141 Å². The van der Waals surface area contributed by atoms with Crippen molar-refractivity contribution >= 4 is 53.9 Å². The van der Waals surface area contributed by atoms with E-state index in [0.29, 0.717) is 5.82 Å². The fourth-order valence-electron chi connectivity index (χ4n) is 8.45. The number of nitrogens with zero attached hydrogens (tertiary/aromatic N) is 3. The first-order valence-electron chi connectivity index (χ1n) is 18.4. The summed E-state index contributed by atoms with van der Waals surface area (Å²) in [5.74, 6) is 0.709. The molecule has 0 aliphatic heterocycles. The lowest BCUT2D eigenvalue weighted by Crippen LogP contribution is -2.15. The summed E-state index contributed by atoms with van der Waals surface area (Å²) in [5.41, 5.74) is 12.5. The number of fused-ring (bicyclic) bond motifs is 9. The highest BCUT2D eigenvalue weighted by Crippen LogP contribution is 2.51. The van der Waals surface area contributed by atoms with E-state index in [-0.39, 0.29) is 5.41 Å². The maximum atomic E-state index is 5.39. The van der Waals surface area contributed by atoms with Gasteiger partial charge in [-0.05, 0) is 85.6 Å². The third-order valence-electron chi connectivity index (χ3n) is 11.3. The molecule has 4 heteroatoms. The number of hydrogen-bond donors (Lipinski definition) is 0. The van der Waals surface area contributed by atoms with Gasteiger partial charge in [0, 0.05) is 33.1 Å². The zero-order valence-corrected chi connectivity index (χ0v) is 30.7. The average Bonchev–Trinajstić information content (AvgIpc) is 3.76. The zero-order valence-electron chi connectivity index (χ0n) is 29.8. The lowest BCUT2D eigenvalue weighted by molar-refractivity contribution is 0.661. The molecule has 0 N–H and O–H groups in total. The van der Waals surface area contributed by atoms with Crippen molar-refractivity contribution in [3.8, 4) is 55.6 Å². The van der Waals surface area contributed by atoms with Gasteiger partial charge in [0.05, 0.1) is 21.6 Å². The summed E-state index contributed by atoms with van der Waals surface area (Å²) in [6, 6.07) is 58.7. The Labute approximate surface area is 317 Å². The highest BCUT2D eigenvalue weighted by Gasteiger charge is 2.36. The van der Waals surface area contributed by atoms with Gasteiger partial charge in [0.2, 0.25) is 0 Å². The first kappa shape index (κ1) is 31.1. The minimum Gasteiger partial charge on any atom is -0.235 e. The quantitative estimate of drug-likeness (QED) is 0.171. The Hall–Kier alpha value is -6.49. The monoisotopic (exact) mass is 707 g/mol. The Kier molecular flexibility index (Phi) is 6.77. The standard InChI is InChI=1S/C50H33N3S/c1-50(2)41-28-37(20-23-39(41)40-26-33-15-9-10-16-34(33)27-42(40)50)49-53-47-45(54-49)24-21-32-17-18-35-25-36(19-22-38(35)46(32)47)48-51-43(30-11-5-3-6-12-30)29-44(52-48)31-13-7-4-8-14-31/h3-29H,1-2H3. The van der Waals surface area contributed by atoms with E-state index in [0.717, 1.165) is 44.0 Å². The van der Waals surface area contributed by atoms with Crippen LogP contribution in [0.25, 0.3) is 98.1 Å². The molecule has 1 aliphatic carbocycles. The average molecular weight is 708 g/mol. The van der Waals surface area contributed by atoms with E-state index < -0.39 is 0 Å². The van der Waals surface area contributed by atoms with Crippen LogP contribution >= 0.6 is 11.3 Å². The molecule has 11 rings (SSSR count). The Morgan fingerprint density at radius 1 is 0.444 bits per heavy atom. The molecule has 1 aliphatic rings. The lowest BCUT2D eigenvalue weighted by atomic mass is 9.81. The molecule has 0 saturated carbocycles. The van der Waals surface area contributed by atoms with Gasteiger partial charge < -0.3 is 0 Å². The summed E-state index contributed by atoms with van der Waals surface area (Å²) in [6.45, 7) is 4.71. The van der Waals surface area contributed by atoms with Gasteiger partial charge in [0.1, 0.15) is 5.01 Å². The molecular weight excluding hydrogens is 675 g/mol. The predicted octanol–water partition coefficient (Wildman–Crippen LogP) is 13.5. The molecule has 0 bridgehead atoms. The van der Waals surface area contributed by atoms with E-state index in [1.165, 1.54) is 59.4 Å². The second-order valence-electron chi connectivity index (χ2n) is 14.9. The van der Waals surface area contributed by atoms with Crippen LogP contribution in [0.1, 0.15) is 25.0 Å². The minimum absolute atomic E-state index is 0.103. The van der Waals surface area contributed by atoms with Crippen molar-refractivity contribution < 1.29 is 0 Å². The van der Waals surface area contributed by atoms with E-state index in [2.05, 4.69) is 166 Å². The maximum absolute atomic E-state index is 5.39. The molecule has 0 atom stereocenters. The summed E-state index contributed by atoms with van der Waals surface area (Å²) in [5, 5.41) is 8.31. The number of thiazole rings is 1. The Balaban J connectivity index is 1.02. The van der Waals surface area contributed by atoms with Crippen LogP contribution in [0.4, 0.5) is 0 Å². The van der Waals surface area contributed by atoms with Crippen LogP contribution in [-0.4, -0.2) is 15.0 Å². The minimum atomic E-state index is -0.103. The predicted molar refractivity (Wildman–Crippen MR) is 227 cm³/mol. The van der Waals surface area contributed by atoms with Gasteiger partial charge in [-0.2, -0.15) is 0 Å². The summed E-state index contributed by atoms with van der Waals surface area (Å²) in [6.07, 6.45) is 0. The van der Waals surface area contributed by atoms with Crippen molar-refractivity contribution in [1.82, 2.24) is 15.0 Å². The zero-order chi connectivity index (χ0) is 36.0. The maximum Gasteiger partial charge on any atom is 0.160 e. The van der Waals surface area contributed by atoms with Gasteiger partial charge in [-0.15, -0.1) is 11.3 Å². The third kappa shape index (κ3) is 4.84. The van der Waals surface area contributed by atoms with Crippen LogP contribution in [0.2, 0.25) is 0 Å². The molecule has 2 heterocycles. The van der Waals surface area contributed by atoms with Crippen LogP contribution in [0.3, 0.4) is 0 Å². The molecule has 10 aromatic rings. The molecular formula is C50H33N3S. The first-order valence-corrected chi connectivity index (χ1v) is 19.2. The highest BCUT2D eigenvalue weighted by atomic mass is 32.1. The fraction of sp³-hybridized carbons (Fsp3) is 0.0600. The molecule has 8 aromatic carbocycles. The second kappa shape index (κ2) is 11.8. The van der Waals surface area contributed by atoms with Crippen molar-refractivity contribution in [1.29, 1.82) is 0 Å². The Morgan fingerprint density at radius 2 is 1.07 bits per heavy atom. The van der Waals surface area contributed by atoms with Crippen LogP contribution in [-0.2, 0) is 5.41 Å². The topological polar surface area (TPSA) is 38.7 Å². The summed E-state index contributed by atoms with van der Waals surface area (Å²) >= 11 is 1.77. The third-order valence-corrected chi connectivity index (χ3v) is 12.3. The molecule has 0 amide bonds. The van der Waals surface area contributed by atoms with Crippen LogP contribution in [0.5, 0.6) is 0 Å². The molecule has 3 nitrogen and oxygen atoms in total. The number of hydrogen-bond acceptors (Lipinski definition) is 4. The van der Waals surface area contributed by atoms with Crippen molar-refractivity contribution in [3.05, 3.63) is 175 Å². The molecule has 254 valence electrons. The highest BCUT2D eigenvalue weighted by molar-refractivity contribution is 7.21. The van der Waals surface area contributed by atoms with Crippen LogP contribution in [0, 0.1) is 0 Å². The van der Waals surface area contributed by atoms with Gasteiger partial charge in [0.25, 0.3) is 0 Å². The van der Waals surface area contributed by atoms with E-state index in [1.807, 2.05) is 12.1 Å². The Morgan fingerprint density at radius 3 is 1.81 bits per heavy atom. The lowest BCUT2D eigenvalue weighted by Gasteiger charge is -2.22. The summed E-state index contributed by atoms with van der Waals surface area (Å²) in [4.78, 5) is 15.6. The van der Waals surface area contributed by atoms with Gasteiger partial charge in [-0.25, -0.2) is 15.0 Å². The molecule has 0 unspecified atom stereocenters. The van der Waals surface area contributed by atoms with Crippen LogP contribution < -0.4 is 0 Å². The van der Waals surface area contributed by atoms with Gasteiger partial charge >= 0.3 is 0 Å². The first-order chi connectivity index (χ1) is 26.5. The smallest absolute Gasteiger partial charge is 0.160 e. The fourth-order valence-corrected chi connectivity index (χ4v) is 9.42. The van der Waals surface area contributed by atoms with Crippen molar-refractivity contribution in [3.63, 3.8) is 0 Å².